The van der Waals surface area contributed by atoms with E-state index in [4.69, 9.17) is 0 Å². The number of nitrogens with zero attached hydrogens (tertiary/aromatic N) is 2. The topological polar surface area (TPSA) is 28.2 Å². The van der Waals surface area contributed by atoms with Crippen LogP contribution in [0.25, 0.3) is 0 Å². The maximum Gasteiger partial charge on any atom is 0.0586 e. The summed E-state index contributed by atoms with van der Waals surface area (Å²) in [4.78, 5) is 6.58. The number of aromatic nitrogens is 1. The quantitative estimate of drug-likeness (QED) is 0.800. The van der Waals surface area contributed by atoms with Gasteiger partial charge in [0, 0.05) is 25.8 Å². The Kier molecular flexibility index (Phi) is 3.86. The second kappa shape index (κ2) is 4.73. The maximum atomic E-state index is 4.42. The second-order valence-corrected chi connectivity index (χ2v) is 3.79. The molecule has 2 heterocycles. The van der Waals surface area contributed by atoms with E-state index in [1.165, 1.54) is 16.8 Å². The average molecular weight is 214 g/mol. The first-order chi connectivity index (χ1) is 6.25. The lowest BCUT2D eigenvalue weighted by Gasteiger charge is -2.09. The van der Waals surface area contributed by atoms with Crippen LogP contribution in [0.2, 0.25) is 0 Å². The van der Waals surface area contributed by atoms with Crippen LogP contribution in [0, 0.1) is 0 Å². The number of halogens is 1. The first-order valence-corrected chi connectivity index (χ1v) is 4.58. The molecule has 0 fully saturated rings. The molecular weight excluding hydrogens is 198 g/mol. The van der Waals surface area contributed by atoms with Gasteiger partial charge in [-0.2, -0.15) is 0 Å². The predicted molar refractivity (Wildman–Crippen MR) is 59.4 cm³/mol. The number of hydrogen-bond donors (Lipinski definition) is 1. The summed E-state index contributed by atoms with van der Waals surface area (Å²) in [5.74, 6) is 0. The van der Waals surface area contributed by atoms with Crippen molar-refractivity contribution >= 4 is 12.4 Å². The highest BCUT2D eigenvalue weighted by Gasteiger charge is 2.11. The number of rotatable bonds is 2. The van der Waals surface area contributed by atoms with E-state index >= 15 is 0 Å². The van der Waals surface area contributed by atoms with Gasteiger partial charge in [-0.3, -0.25) is 4.98 Å². The van der Waals surface area contributed by atoms with Crippen LogP contribution in [0.3, 0.4) is 0 Å². The maximum absolute atomic E-state index is 4.42. The highest BCUT2D eigenvalue weighted by molar-refractivity contribution is 5.85. The summed E-state index contributed by atoms with van der Waals surface area (Å²) in [6.07, 6.45) is 1.98. The molecule has 1 N–H and O–H groups in total. The van der Waals surface area contributed by atoms with Crippen LogP contribution in [-0.4, -0.2) is 24.0 Å². The summed E-state index contributed by atoms with van der Waals surface area (Å²) in [5, 5.41) is 3.29. The van der Waals surface area contributed by atoms with E-state index in [9.17, 15) is 0 Å². The molecule has 1 aromatic heterocycles. The minimum Gasteiger partial charge on any atom is -0.307 e. The minimum atomic E-state index is 0. The molecule has 0 bridgehead atoms. The largest absolute Gasteiger partial charge is 0.307 e. The average Bonchev–Trinajstić information content (AvgIpc) is 2.49. The predicted octanol–water partition coefficient (Wildman–Crippen LogP) is 1.17. The lowest BCUT2D eigenvalue weighted by molar-refractivity contribution is 0.402. The Balaban J connectivity index is 0.000000980. The summed E-state index contributed by atoms with van der Waals surface area (Å²) in [7, 11) is 4.15. The second-order valence-electron chi connectivity index (χ2n) is 3.79. The SMILES string of the molecule is CN(C)Cc1cnc2c(c1)CNC2.Cl. The number of nitrogens with one attached hydrogen (secondary N) is 1. The van der Waals surface area contributed by atoms with E-state index in [0.717, 1.165) is 19.6 Å². The molecule has 0 aromatic carbocycles. The molecule has 0 atom stereocenters. The Bertz CT molecular complexity index is 312. The summed E-state index contributed by atoms with van der Waals surface area (Å²) >= 11 is 0. The molecule has 1 aliphatic heterocycles. The highest BCUT2D eigenvalue weighted by atomic mass is 35.5. The fourth-order valence-corrected chi connectivity index (χ4v) is 1.67. The number of pyridine rings is 1. The van der Waals surface area contributed by atoms with Crippen molar-refractivity contribution in [2.24, 2.45) is 0 Å². The molecule has 0 aliphatic carbocycles. The third-order valence-electron chi connectivity index (χ3n) is 2.22. The number of fused-ring (bicyclic) bond motifs is 1. The van der Waals surface area contributed by atoms with Crippen LogP contribution in [0.1, 0.15) is 16.8 Å². The van der Waals surface area contributed by atoms with Crippen molar-refractivity contribution in [2.45, 2.75) is 19.6 Å². The number of hydrogen-bond acceptors (Lipinski definition) is 3. The third kappa shape index (κ3) is 2.44. The van der Waals surface area contributed by atoms with E-state index in [2.05, 4.69) is 35.4 Å². The van der Waals surface area contributed by atoms with Gasteiger partial charge in [0.25, 0.3) is 0 Å². The van der Waals surface area contributed by atoms with Gasteiger partial charge in [-0.25, -0.2) is 0 Å². The zero-order valence-corrected chi connectivity index (χ0v) is 9.40. The van der Waals surface area contributed by atoms with Gasteiger partial charge in [-0.15, -0.1) is 12.4 Å². The van der Waals surface area contributed by atoms with Crippen molar-refractivity contribution in [3.8, 4) is 0 Å². The zero-order valence-electron chi connectivity index (χ0n) is 8.58. The Hall–Kier alpha value is -0.640. The molecule has 0 spiro atoms. The molecule has 2 rings (SSSR count). The fraction of sp³-hybridized carbons (Fsp3) is 0.500. The van der Waals surface area contributed by atoms with Gasteiger partial charge in [0.05, 0.1) is 5.69 Å². The van der Waals surface area contributed by atoms with Crippen molar-refractivity contribution < 1.29 is 0 Å². The first kappa shape index (κ1) is 11.4. The van der Waals surface area contributed by atoms with Crippen molar-refractivity contribution in [3.63, 3.8) is 0 Å². The highest BCUT2D eigenvalue weighted by Crippen LogP contribution is 2.14. The molecule has 0 amide bonds. The van der Waals surface area contributed by atoms with E-state index in [1.807, 2.05) is 6.20 Å². The van der Waals surface area contributed by atoms with Gasteiger partial charge in [-0.1, -0.05) is 0 Å². The van der Waals surface area contributed by atoms with Crippen LogP contribution in [0.5, 0.6) is 0 Å². The monoisotopic (exact) mass is 213 g/mol. The van der Waals surface area contributed by atoms with Gasteiger partial charge >= 0.3 is 0 Å². The van der Waals surface area contributed by atoms with Gasteiger partial charge in [0.2, 0.25) is 0 Å². The van der Waals surface area contributed by atoms with Gasteiger partial charge in [-0.05, 0) is 31.3 Å². The van der Waals surface area contributed by atoms with Crippen molar-refractivity contribution in [1.29, 1.82) is 0 Å². The summed E-state index contributed by atoms with van der Waals surface area (Å²) in [5.41, 5.74) is 3.87. The lowest BCUT2D eigenvalue weighted by atomic mass is 10.1. The molecule has 0 radical (unpaired) electrons. The lowest BCUT2D eigenvalue weighted by Crippen LogP contribution is -2.11. The normalized spacial score (nSPS) is 13.9. The van der Waals surface area contributed by atoms with Crippen LogP contribution < -0.4 is 5.32 Å². The van der Waals surface area contributed by atoms with Gasteiger partial charge in [0.1, 0.15) is 0 Å². The Morgan fingerprint density at radius 2 is 2.21 bits per heavy atom. The Morgan fingerprint density at radius 3 is 2.93 bits per heavy atom. The van der Waals surface area contributed by atoms with Crippen molar-refractivity contribution in [1.82, 2.24) is 15.2 Å². The van der Waals surface area contributed by atoms with E-state index in [1.54, 1.807) is 0 Å². The molecule has 0 saturated carbocycles. The Labute approximate surface area is 90.9 Å². The fourth-order valence-electron chi connectivity index (χ4n) is 1.67. The van der Waals surface area contributed by atoms with Crippen LogP contribution in [0.4, 0.5) is 0 Å². The Morgan fingerprint density at radius 1 is 1.43 bits per heavy atom. The summed E-state index contributed by atoms with van der Waals surface area (Å²) < 4.78 is 0. The molecule has 0 unspecified atom stereocenters. The van der Waals surface area contributed by atoms with Crippen molar-refractivity contribution in [3.05, 3.63) is 29.1 Å². The van der Waals surface area contributed by atoms with E-state index < -0.39 is 0 Å². The molecule has 14 heavy (non-hydrogen) atoms. The molecule has 0 saturated heterocycles. The smallest absolute Gasteiger partial charge is 0.0586 e. The van der Waals surface area contributed by atoms with Crippen LogP contribution in [0.15, 0.2) is 12.3 Å². The van der Waals surface area contributed by atoms with Gasteiger partial charge < -0.3 is 10.2 Å². The van der Waals surface area contributed by atoms with E-state index in [-0.39, 0.29) is 12.4 Å². The van der Waals surface area contributed by atoms with Crippen LogP contribution in [-0.2, 0) is 19.6 Å². The van der Waals surface area contributed by atoms with Crippen LogP contribution >= 0.6 is 12.4 Å². The van der Waals surface area contributed by atoms with Crippen molar-refractivity contribution in [2.75, 3.05) is 14.1 Å². The van der Waals surface area contributed by atoms with Gasteiger partial charge in [0.15, 0.2) is 0 Å². The summed E-state index contributed by atoms with van der Waals surface area (Å²) in [6.45, 7) is 2.88. The molecule has 1 aromatic rings. The molecule has 4 heteroatoms. The molecular formula is C10H16ClN3. The first-order valence-electron chi connectivity index (χ1n) is 4.58. The standard InChI is InChI=1S/C10H15N3.ClH/c1-13(2)7-8-3-9-5-11-6-10(9)12-4-8;/h3-4,11H,5-7H2,1-2H3;1H. The molecule has 1 aliphatic rings. The summed E-state index contributed by atoms with van der Waals surface area (Å²) in [6, 6.07) is 2.25. The zero-order chi connectivity index (χ0) is 9.26. The molecule has 78 valence electrons. The third-order valence-corrected chi connectivity index (χ3v) is 2.22. The molecule has 3 nitrogen and oxygen atoms in total. The van der Waals surface area contributed by atoms with E-state index in [0.29, 0.717) is 0 Å². The minimum absolute atomic E-state index is 0.